The van der Waals surface area contributed by atoms with Crippen LogP contribution in [0.25, 0.3) is 0 Å². The number of amides is 1. The highest BCUT2D eigenvalue weighted by atomic mass is 16.4. The Bertz CT molecular complexity index is 832. The van der Waals surface area contributed by atoms with Gasteiger partial charge in [0.05, 0.1) is 12.8 Å². The SMILES string of the molecule is CCNC(=NCC(C)(O)c1ccco1)NCCC(=O)N1CCN(c2ncccn2)CC1. The molecule has 3 heterocycles. The molecule has 3 N–H and O–H groups in total. The zero-order valence-electron chi connectivity index (χ0n) is 18.1. The Kier molecular flexibility index (Phi) is 7.82. The zero-order valence-corrected chi connectivity index (χ0v) is 18.1. The van der Waals surface area contributed by atoms with E-state index in [2.05, 4.69) is 30.5 Å². The van der Waals surface area contributed by atoms with Crippen LogP contribution in [-0.2, 0) is 10.4 Å². The summed E-state index contributed by atoms with van der Waals surface area (Å²) in [4.78, 5) is 29.5. The molecule has 0 aliphatic carbocycles. The highest BCUT2D eigenvalue weighted by molar-refractivity contribution is 5.81. The van der Waals surface area contributed by atoms with Crippen molar-refractivity contribution >= 4 is 17.8 Å². The molecule has 2 aromatic heterocycles. The van der Waals surface area contributed by atoms with Crippen LogP contribution in [0, 0.1) is 0 Å². The van der Waals surface area contributed by atoms with E-state index < -0.39 is 5.60 Å². The van der Waals surface area contributed by atoms with E-state index in [4.69, 9.17) is 4.42 Å². The van der Waals surface area contributed by atoms with Crippen LogP contribution in [0.15, 0.2) is 46.3 Å². The fraction of sp³-hybridized carbons (Fsp3) is 0.524. The van der Waals surface area contributed by atoms with Crippen LogP contribution >= 0.6 is 0 Å². The Hall–Kier alpha value is -3.14. The summed E-state index contributed by atoms with van der Waals surface area (Å²) >= 11 is 0. The molecule has 31 heavy (non-hydrogen) atoms. The molecule has 1 aliphatic rings. The predicted octanol–water partition coefficient (Wildman–Crippen LogP) is 0.571. The number of aromatic nitrogens is 2. The van der Waals surface area contributed by atoms with Crippen molar-refractivity contribution < 1.29 is 14.3 Å². The number of nitrogens with zero attached hydrogens (tertiary/aromatic N) is 5. The Morgan fingerprint density at radius 3 is 2.61 bits per heavy atom. The van der Waals surface area contributed by atoms with E-state index in [1.54, 1.807) is 37.5 Å². The number of carbonyl (C=O) groups is 1. The third-order valence-corrected chi connectivity index (χ3v) is 5.04. The second-order valence-electron chi connectivity index (χ2n) is 7.54. The second-order valence-corrected chi connectivity index (χ2v) is 7.54. The minimum atomic E-state index is -1.20. The number of aliphatic imine (C=N–C) groups is 1. The third-order valence-electron chi connectivity index (χ3n) is 5.04. The van der Waals surface area contributed by atoms with Gasteiger partial charge < -0.3 is 30.0 Å². The van der Waals surface area contributed by atoms with Crippen LogP contribution in [0.4, 0.5) is 5.95 Å². The van der Waals surface area contributed by atoms with E-state index in [-0.39, 0.29) is 12.5 Å². The number of piperazine rings is 1. The van der Waals surface area contributed by atoms with Crippen LogP contribution in [0.1, 0.15) is 26.0 Å². The lowest BCUT2D eigenvalue weighted by atomic mass is 10.0. The van der Waals surface area contributed by atoms with Gasteiger partial charge in [-0.05, 0) is 32.0 Å². The van der Waals surface area contributed by atoms with E-state index in [0.717, 1.165) is 13.1 Å². The van der Waals surface area contributed by atoms with Crippen molar-refractivity contribution in [1.82, 2.24) is 25.5 Å². The summed E-state index contributed by atoms with van der Waals surface area (Å²) in [6.45, 7) is 7.61. The number of rotatable bonds is 8. The first kappa shape index (κ1) is 22.5. The molecule has 1 saturated heterocycles. The van der Waals surface area contributed by atoms with Crippen LogP contribution in [-0.4, -0.2) is 77.7 Å². The van der Waals surface area contributed by atoms with Gasteiger partial charge in [0.15, 0.2) is 5.96 Å². The summed E-state index contributed by atoms with van der Waals surface area (Å²) in [5, 5.41) is 16.8. The van der Waals surface area contributed by atoms with E-state index in [9.17, 15) is 9.90 Å². The number of anilines is 1. The maximum Gasteiger partial charge on any atom is 0.225 e. The summed E-state index contributed by atoms with van der Waals surface area (Å²) in [5.41, 5.74) is -1.20. The van der Waals surface area contributed by atoms with Gasteiger partial charge in [-0.2, -0.15) is 0 Å². The van der Waals surface area contributed by atoms with Crippen molar-refractivity contribution in [1.29, 1.82) is 0 Å². The first-order chi connectivity index (χ1) is 15.0. The van der Waals surface area contributed by atoms with Crippen molar-refractivity contribution in [3.8, 4) is 0 Å². The summed E-state index contributed by atoms with van der Waals surface area (Å²) in [6.07, 6.45) is 5.34. The first-order valence-electron chi connectivity index (χ1n) is 10.6. The lowest BCUT2D eigenvalue weighted by molar-refractivity contribution is -0.131. The average molecular weight is 430 g/mol. The number of guanidine groups is 1. The second kappa shape index (κ2) is 10.8. The molecule has 3 rings (SSSR count). The molecule has 1 atom stereocenters. The topological polar surface area (TPSA) is 119 Å². The fourth-order valence-corrected chi connectivity index (χ4v) is 3.29. The lowest BCUT2D eigenvalue weighted by Crippen LogP contribution is -2.50. The molecule has 1 unspecified atom stereocenters. The molecule has 1 amide bonds. The van der Waals surface area contributed by atoms with Crippen molar-refractivity contribution in [2.75, 3.05) is 50.7 Å². The normalized spacial score (nSPS) is 16.7. The van der Waals surface area contributed by atoms with Gasteiger partial charge >= 0.3 is 0 Å². The number of furan rings is 1. The standard InChI is InChI=1S/C21H31N7O3/c1-3-22-19(26-16-21(2,30)17-6-4-15-31-17)23-10-7-18(29)27-11-13-28(14-12-27)20-24-8-5-9-25-20/h4-6,8-9,15,30H,3,7,10-14,16H2,1-2H3,(H2,22,23,26). The maximum absolute atomic E-state index is 12.6. The molecule has 0 radical (unpaired) electrons. The molecule has 0 aromatic carbocycles. The van der Waals surface area contributed by atoms with Gasteiger partial charge in [0, 0.05) is 58.1 Å². The molecule has 1 aliphatic heterocycles. The van der Waals surface area contributed by atoms with Gasteiger partial charge in [-0.1, -0.05) is 0 Å². The Labute approximate surface area is 182 Å². The van der Waals surface area contributed by atoms with Crippen molar-refractivity contribution in [2.45, 2.75) is 25.9 Å². The summed E-state index contributed by atoms with van der Waals surface area (Å²) < 4.78 is 5.28. The third kappa shape index (κ3) is 6.42. The van der Waals surface area contributed by atoms with Crippen molar-refractivity contribution in [2.24, 2.45) is 4.99 Å². The molecule has 0 spiro atoms. The number of nitrogens with one attached hydrogen (secondary N) is 2. The number of hydrogen-bond acceptors (Lipinski definition) is 7. The summed E-state index contributed by atoms with van der Waals surface area (Å²) in [5.74, 6) is 1.81. The van der Waals surface area contributed by atoms with Crippen molar-refractivity contribution in [3.63, 3.8) is 0 Å². The number of aliphatic hydroxyl groups is 1. The minimum Gasteiger partial charge on any atom is -0.466 e. The molecule has 0 saturated carbocycles. The average Bonchev–Trinajstić information content (AvgIpc) is 3.34. The molecule has 168 valence electrons. The van der Waals surface area contributed by atoms with Crippen molar-refractivity contribution in [3.05, 3.63) is 42.6 Å². The number of carbonyl (C=O) groups excluding carboxylic acids is 1. The number of hydrogen-bond donors (Lipinski definition) is 3. The van der Waals surface area contributed by atoms with Gasteiger partial charge in [0.25, 0.3) is 0 Å². The Balaban J connectivity index is 1.43. The maximum atomic E-state index is 12.6. The van der Waals surface area contributed by atoms with Gasteiger partial charge in [0.1, 0.15) is 11.4 Å². The zero-order chi connectivity index (χ0) is 22.1. The minimum absolute atomic E-state index is 0.0968. The molecule has 1 fully saturated rings. The smallest absolute Gasteiger partial charge is 0.225 e. The van der Waals surface area contributed by atoms with Crippen LogP contribution in [0.2, 0.25) is 0 Å². The fourth-order valence-electron chi connectivity index (χ4n) is 3.29. The van der Waals surface area contributed by atoms with E-state index >= 15 is 0 Å². The van der Waals surface area contributed by atoms with Gasteiger partial charge in [-0.3, -0.25) is 4.79 Å². The van der Waals surface area contributed by atoms with Gasteiger partial charge in [0.2, 0.25) is 11.9 Å². The Morgan fingerprint density at radius 1 is 1.23 bits per heavy atom. The largest absolute Gasteiger partial charge is 0.466 e. The molecule has 10 nitrogen and oxygen atoms in total. The Morgan fingerprint density at radius 2 is 1.97 bits per heavy atom. The monoisotopic (exact) mass is 429 g/mol. The molecule has 10 heteroatoms. The van der Waals surface area contributed by atoms with Gasteiger partial charge in [-0.25, -0.2) is 15.0 Å². The predicted molar refractivity (Wildman–Crippen MR) is 118 cm³/mol. The highest BCUT2D eigenvalue weighted by Crippen LogP contribution is 2.21. The molecular formula is C21H31N7O3. The van der Waals surface area contributed by atoms with Gasteiger partial charge in [-0.15, -0.1) is 0 Å². The van der Waals surface area contributed by atoms with Crippen LogP contribution < -0.4 is 15.5 Å². The quantitative estimate of drug-likeness (QED) is 0.412. The first-order valence-corrected chi connectivity index (χ1v) is 10.6. The summed E-state index contributed by atoms with van der Waals surface area (Å²) in [7, 11) is 0. The molecule has 2 aromatic rings. The van der Waals surface area contributed by atoms with Crippen LogP contribution in [0.3, 0.4) is 0 Å². The molecular weight excluding hydrogens is 398 g/mol. The van der Waals surface area contributed by atoms with E-state index in [0.29, 0.717) is 50.3 Å². The summed E-state index contributed by atoms with van der Waals surface area (Å²) in [6, 6.07) is 5.24. The van der Waals surface area contributed by atoms with E-state index in [1.165, 1.54) is 6.26 Å². The van der Waals surface area contributed by atoms with Crippen LogP contribution in [0.5, 0.6) is 0 Å². The highest BCUT2D eigenvalue weighted by Gasteiger charge is 2.26. The molecule has 0 bridgehead atoms. The van der Waals surface area contributed by atoms with E-state index in [1.807, 2.05) is 11.8 Å². The lowest BCUT2D eigenvalue weighted by Gasteiger charge is -2.34.